The van der Waals surface area contributed by atoms with Crippen LogP contribution in [0.5, 0.6) is 0 Å². The molecule has 97 valence electrons. The van der Waals surface area contributed by atoms with Crippen molar-refractivity contribution < 1.29 is 29.2 Å². The zero-order valence-electron chi connectivity index (χ0n) is 9.79. The van der Waals surface area contributed by atoms with Crippen molar-refractivity contribution in [3.63, 3.8) is 0 Å². The van der Waals surface area contributed by atoms with Gasteiger partial charge in [-0.15, -0.1) is 0 Å². The number of hydrogen-bond donors (Lipinski definition) is 2. The maximum atomic E-state index is 6.15. The van der Waals surface area contributed by atoms with Gasteiger partial charge in [0.15, 0.2) is 0 Å². The molecule has 2 rings (SSSR count). The normalized spacial score (nSPS) is 12.8. The van der Waals surface area contributed by atoms with Crippen LogP contribution in [0.3, 0.4) is 0 Å². The minimum Gasteiger partial charge on any atom is -1.00 e. The molecule has 0 unspecified atom stereocenters. The van der Waals surface area contributed by atoms with E-state index in [-0.39, 0.29) is 41.3 Å². The Morgan fingerprint density at radius 2 is 0.889 bits per heavy atom. The Kier molecular flexibility index (Phi) is 7.90. The maximum absolute atomic E-state index is 6.15. The fraction of sp³-hybridized carbons (Fsp3) is 0.143. The quantitative estimate of drug-likeness (QED) is 0.795. The third-order valence-electron chi connectivity index (χ3n) is 2.76. The monoisotopic (exact) mass is 306 g/mol. The minimum absolute atomic E-state index is 0. The number of halogens is 1. The number of benzene rings is 2. The summed E-state index contributed by atoms with van der Waals surface area (Å²) in [5, 5.41) is 0. The average molecular weight is 307 g/mol. The first-order valence-electron chi connectivity index (χ1n) is 5.40. The Morgan fingerprint density at radius 3 is 1.17 bits per heavy atom. The maximum Gasteiger partial charge on any atom is 2.00 e. The number of rotatable bonds is 3. The third kappa shape index (κ3) is 4.12. The van der Waals surface area contributed by atoms with Crippen LogP contribution in [0.25, 0.3) is 0 Å². The van der Waals surface area contributed by atoms with Gasteiger partial charge in [-0.2, -0.15) is 0 Å². The van der Waals surface area contributed by atoms with E-state index in [0.29, 0.717) is 0 Å². The molecule has 4 N–H and O–H groups in total. The van der Waals surface area contributed by atoms with Crippen molar-refractivity contribution in [2.45, 2.75) is 12.1 Å². The molecule has 2 atom stereocenters. The largest absolute Gasteiger partial charge is 2.00 e. The second kappa shape index (κ2) is 8.29. The molecule has 1 radical (unpaired) electrons. The van der Waals surface area contributed by atoms with Crippen LogP contribution in [0.2, 0.25) is 0 Å². The van der Waals surface area contributed by atoms with Crippen LogP contribution in [0.15, 0.2) is 60.7 Å². The van der Waals surface area contributed by atoms with Gasteiger partial charge in [0.2, 0.25) is 0 Å². The molecule has 18 heavy (non-hydrogen) atoms. The van der Waals surface area contributed by atoms with Crippen molar-refractivity contribution in [1.29, 1.82) is 0 Å². The topological polar surface area (TPSA) is 52.0 Å². The molecule has 0 amide bonds. The predicted octanol–water partition coefficient (Wildman–Crippen LogP) is -0.612. The fourth-order valence-electron chi connectivity index (χ4n) is 1.77. The summed E-state index contributed by atoms with van der Waals surface area (Å²) in [6.07, 6.45) is 0. The summed E-state index contributed by atoms with van der Waals surface area (Å²) >= 11 is 0. The van der Waals surface area contributed by atoms with Gasteiger partial charge in [-0.3, -0.25) is 0 Å². The van der Waals surface area contributed by atoms with E-state index in [4.69, 9.17) is 11.5 Å². The molecule has 0 saturated carbocycles. The molecule has 0 saturated heterocycles. The molecule has 0 bridgehead atoms. The van der Waals surface area contributed by atoms with Gasteiger partial charge < -0.3 is 23.9 Å². The van der Waals surface area contributed by atoms with Gasteiger partial charge in [-0.25, -0.2) is 0 Å². The van der Waals surface area contributed by atoms with E-state index in [1.54, 1.807) is 0 Å². The minimum atomic E-state index is -0.163. The van der Waals surface area contributed by atoms with Crippen molar-refractivity contribution in [3.8, 4) is 0 Å². The summed E-state index contributed by atoms with van der Waals surface area (Å²) in [5.74, 6) is 0. The van der Waals surface area contributed by atoms with Crippen molar-refractivity contribution in [1.82, 2.24) is 0 Å². The van der Waals surface area contributed by atoms with Crippen molar-refractivity contribution in [2.75, 3.05) is 0 Å². The van der Waals surface area contributed by atoms with E-state index in [2.05, 4.69) is 0 Å². The zero-order chi connectivity index (χ0) is 11.4. The smallest absolute Gasteiger partial charge is 1.00 e. The van der Waals surface area contributed by atoms with Gasteiger partial charge in [0.25, 0.3) is 0 Å². The van der Waals surface area contributed by atoms with Gasteiger partial charge >= 0.3 is 16.8 Å². The predicted molar refractivity (Wildman–Crippen MR) is 66.7 cm³/mol. The summed E-state index contributed by atoms with van der Waals surface area (Å²) in [4.78, 5) is 0. The van der Waals surface area contributed by atoms with Gasteiger partial charge in [0, 0.05) is 12.1 Å². The summed E-state index contributed by atoms with van der Waals surface area (Å²) in [7, 11) is 0. The van der Waals surface area contributed by atoms with E-state index in [1.807, 2.05) is 60.7 Å². The molecule has 2 aromatic rings. The first-order valence-corrected chi connectivity index (χ1v) is 5.40. The van der Waals surface area contributed by atoms with Crippen molar-refractivity contribution in [2.24, 2.45) is 11.5 Å². The molecule has 0 aliphatic carbocycles. The van der Waals surface area contributed by atoms with Crippen molar-refractivity contribution in [3.05, 3.63) is 71.8 Å². The summed E-state index contributed by atoms with van der Waals surface area (Å²) in [6, 6.07) is 19.6. The fourth-order valence-corrected chi connectivity index (χ4v) is 1.77. The Labute approximate surface area is 124 Å². The summed E-state index contributed by atoms with van der Waals surface area (Å²) in [5.41, 5.74) is 14.4. The molecule has 0 aromatic heterocycles. The average Bonchev–Trinajstić information content (AvgIpc) is 2.39. The summed E-state index contributed by atoms with van der Waals surface area (Å²) < 4.78 is 0. The molecular weight excluding hydrogens is 291 g/mol. The molecule has 2 aromatic carbocycles. The van der Waals surface area contributed by atoms with Crippen LogP contribution >= 0.6 is 0 Å². The Balaban J connectivity index is 0.00000144. The standard InChI is InChI=1S/C14H16N2.ClH.Co/c15-13(11-7-3-1-4-8-11)14(16)12-9-5-2-6-10-12;;/h1-10,13-14H,15-16H2;1H;/q;;+2/p-1/t13-,14-;;/m1../s1. The first kappa shape index (κ1) is 17.2. The summed E-state index contributed by atoms with van der Waals surface area (Å²) in [6.45, 7) is 0. The van der Waals surface area contributed by atoms with Crippen LogP contribution in [0, 0.1) is 0 Å². The SMILES string of the molecule is N[C@H](c1ccccc1)[C@H](N)c1ccccc1.[Cl-].[Co+2]. The van der Waals surface area contributed by atoms with E-state index in [9.17, 15) is 0 Å². The molecular formula is C14H16ClCoN2+. The van der Waals surface area contributed by atoms with Crippen LogP contribution in [-0.2, 0) is 16.8 Å². The number of hydrogen-bond acceptors (Lipinski definition) is 2. The Hall–Kier alpha value is -0.844. The van der Waals surface area contributed by atoms with E-state index < -0.39 is 0 Å². The van der Waals surface area contributed by atoms with E-state index >= 15 is 0 Å². The van der Waals surface area contributed by atoms with Crippen LogP contribution in [0.4, 0.5) is 0 Å². The molecule has 0 fully saturated rings. The van der Waals surface area contributed by atoms with Crippen LogP contribution in [0.1, 0.15) is 23.2 Å². The first-order chi connectivity index (χ1) is 7.79. The van der Waals surface area contributed by atoms with E-state index in [0.717, 1.165) is 11.1 Å². The zero-order valence-corrected chi connectivity index (χ0v) is 11.6. The van der Waals surface area contributed by atoms with Gasteiger partial charge in [-0.05, 0) is 11.1 Å². The Morgan fingerprint density at radius 1 is 0.611 bits per heavy atom. The van der Waals surface area contributed by atoms with Crippen LogP contribution in [-0.4, -0.2) is 0 Å². The third-order valence-corrected chi connectivity index (χ3v) is 2.76. The Bertz CT molecular complexity index is 393. The van der Waals surface area contributed by atoms with Gasteiger partial charge in [-0.1, -0.05) is 60.7 Å². The van der Waals surface area contributed by atoms with Crippen molar-refractivity contribution >= 4 is 0 Å². The number of nitrogens with two attached hydrogens (primary N) is 2. The molecule has 0 heterocycles. The molecule has 0 aliphatic heterocycles. The van der Waals surface area contributed by atoms with E-state index in [1.165, 1.54) is 0 Å². The molecule has 0 aliphatic rings. The molecule has 4 heteroatoms. The van der Waals surface area contributed by atoms with Crippen LogP contribution < -0.4 is 23.9 Å². The van der Waals surface area contributed by atoms with Gasteiger partial charge in [0.1, 0.15) is 0 Å². The second-order valence-electron chi connectivity index (χ2n) is 3.87. The molecule has 2 nitrogen and oxygen atoms in total. The molecule has 0 spiro atoms. The van der Waals surface area contributed by atoms with Gasteiger partial charge in [0.05, 0.1) is 0 Å². The second-order valence-corrected chi connectivity index (χ2v) is 3.87.